The zero-order valence-corrected chi connectivity index (χ0v) is 11.3. The topological polar surface area (TPSA) is 68.3 Å². The molecule has 0 saturated heterocycles. The average molecular weight is 278 g/mol. The maximum absolute atomic E-state index is 11.7. The van der Waals surface area contributed by atoms with E-state index in [2.05, 4.69) is 15.0 Å². The predicted octanol–water partition coefficient (Wildman–Crippen LogP) is 2.58. The Balaban J connectivity index is 1.86. The summed E-state index contributed by atoms with van der Waals surface area (Å²) in [6, 6.07) is 7.70. The van der Waals surface area contributed by atoms with Gasteiger partial charge in [-0.15, -0.1) is 0 Å². The Morgan fingerprint density at radius 1 is 1.32 bits per heavy atom. The maximum atomic E-state index is 11.7. The molecular weight excluding hydrogens is 264 g/mol. The van der Waals surface area contributed by atoms with E-state index in [4.69, 9.17) is 0 Å². The van der Waals surface area contributed by atoms with Gasteiger partial charge in [0.15, 0.2) is 5.13 Å². The molecule has 100 valence electrons. The van der Waals surface area contributed by atoms with Crippen LogP contribution >= 0.6 is 11.3 Å². The monoisotopic (exact) mass is 278 g/mol. The Morgan fingerprint density at radius 3 is 2.84 bits per heavy atom. The molecule has 1 amide bonds. The van der Waals surface area contributed by atoms with Crippen LogP contribution < -0.4 is 5.32 Å². The molecule has 5 nitrogen and oxygen atoms in total. The molecule has 0 bridgehead atoms. The first-order chi connectivity index (χ1) is 9.19. The van der Waals surface area contributed by atoms with E-state index >= 15 is 0 Å². The first-order valence-corrected chi connectivity index (χ1v) is 6.73. The number of anilines is 1. The molecule has 0 aliphatic heterocycles. The number of hydrogen-bond donors (Lipinski definition) is 1. The van der Waals surface area contributed by atoms with Crippen LogP contribution in [-0.4, -0.2) is 24.0 Å². The molecule has 1 aromatic carbocycles. The number of benzene rings is 1. The quantitative estimate of drug-likeness (QED) is 0.853. The Labute approximate surface area is 114 Å². The molecule has 0 unspecified atom stereocenters. The highest BCUT2D eigenvalue weighted by atomic mass is 32.1. The Kier molecular flexibility index (Phi) is 4.46. The molecule has 0 saturated carbocycles. The summed E-state index contributed by atoms with van der Waals surface area (Å²) >= 11 is 1.44. The minimum Gasteiger partial charge on any atom is -0.469 e. The fourth-order valence-electron chi connectivity index (χ4n) is 1.60. The van der Waals surface area contributed by atoms with Crippen LogP contribution in [0.5, 0.6) is 0 Å². The Morgan fingerprint density at radius 2 is 2.11 bits per heavy atom. The van der Waals surface area contributed by atoms with Gasteiger partial charge < -0.3 is 10.1 Å². The van der Waals surface area contributed by atoms with Crippen LogP contribution in [0, 0.1) is 0 Å². The molecule has 0 aliphatic rings. The summed E-state index contributed by atoms with van der Waals surface area (Å²) in [4.78, 5) is 26.9. The fourth-order valence-corrected chi connectivity index (χ4v) is 2.48. The number of nitrogens with zero attached hydrogens (tertiary/aromatic N) is 1. The fraction of sp³-hybridized carbons (Fsp3) is 0.308. The second-order valence-corrected chi connectivity index (χ2v) is 5.00. The van der Waals surface area contributed by atoms with Gasteiger partial charge in [-0.05, 0) is 18.6 Å². The smallest absolute Gasteiger partial charge is 0.305 e. The van der Waals surface area contributed by atoms with Gasteiger partial charge in [0.25, 0.3) is 0 Å². The summed E-state index contributed by atoms with van der Waals surface area (Å²) in [5.74, 6) is -0.434. The Hall–Kier alpha value is -1.95. The Bertz CT molecular complexity index is 561. The van der Waals surface area contributed by atoms with Gasteiger partial charge in [0.2, 0.25) is 5.91 Å². The van der Waals surface area contributed by atoms with Gasteiger partial charge in [0.05, 0.1) is 17.3 Å². The molecule has 0 aliphatic carbocycles. The molecule has 2 aromatic rings. The van der Waals surface area contributed by atoms with Gasteiger partial charge in [-0.1, -0.05) is 23.5 Å². The highest BCUT2D eigenvalue weighted by Crippen LogP contribution is 2.25. The molecule has 1 heterocycles. The summed E-state index contributed by atoms with van der Waals surface area (Å²) in [6.07, 6.45) is 1.01. The van der Waals surface area contributed by atoms with E-state index in [-0.39, 0.29) is 24.7 Å². The lowest BCUT2D eigenvalue weighted by atomic mass is 10.2. The van der Waals surface area contributed by atoms with Gasteiger partial charge >= 0.3 is 5.97 Å². The molecule has 1 aromatic heterocycles. The lowest BCUT2D eigenvalue weighted by molar-refractivity contribution is -0.140. The standard InChI is InChI=1S/C13H14N2O3S/c1-18-12(17)8-4-7-11(16)15-13-14-9-5-2-3-6-10(9)19-13/h2-3,5-6H,4,7-8H2,1H3,(H,14,15,16). The van der Waals surface area contributed by atoms with Crippen LogP contribution in [0.4, 0.5) is 5.13 Å². The summed E-state index contributed by atoms with van der Waals surface area (Å²) in [6.45, 7) is 0. The molecule has 0 spiro atoms. The van der Waals surface area contributed by atoms with Gasteiger partial charge in [-0.25, -0.2) is 4.98 Å². The van der Waals surface area contributed by atoms with E-state index in [1.165, 1.54) is 18.4 Å². The number of nitrogens with one attached hydrogen (secondary N) is 1. The van der Waals surface area contributed by atoms with E-state index in [0.29, 0.717) is 11.6 Å². The molecule has 1 N–H and O–H groups in total. The molecule has 0 atom stereocenters. The van der Waals surface area contributed by atoms with Gasteiger partial charge in [0.1, 0.15) is 0 Å². The van der Waals surface area contributed by atoms with E-state index in [1.54, 1.807) is 0 Å². The van der Waals surface area contributed by atoms with Crippen molar-refractivity contribution >= 4 is 38.6 Å². The average Bonchev–Trinajstić information content (AvgIpc) is 2.80. The molecule has 0 radical (unpaired) electrons. The SMILES string of the molecule is COC(=O)CCCC(=O)Nc1nc2ccccc2s1. The predicted molar refractivity (Wildman–Crippen MR) is 74.1 cm³/mol. The van der Waals surface area contributed by atoms with Gasteiger partial charge in [-0.3, -0.25) is 9.59 Å². The first-order valence-electron chi connectivity index (χ1n) is 5.91. The van der Waals surface area contributed by atoms with Crippen LogP contribution in [0.3, 0.4) is 0 Å². The van der Waals surface area contributed by atoms with Crippen molar-refractivity contribution in [2.24, 2.45) is 0 Å². The lowest BCUT2D eigenvalue weighted by Crippen LogP contribution is -2.11. The first kappa shape index (κ1) is 13.5. The normalized spacial score (nSPS) is 10.4. The van der Waals surface area contributed by atoms with Crippen LogP contribution in [0.2, 0.25) is 0 Å². The van der Waals surface area contributed by atoms with E-state index in [0.717, 1.165) is 10.2 Å². The highest BCUT2D eigenvalue weighted by molar-refractivity contribution is 7.22. The van der Waals surface area contributed by atoms with Crippen molar-refractivity contribution in [2.75, 3.05) is 12.4 Å². The lowest BCUT2D eigenvalue weighted by Gasteiger charge is -2.00. The number of thiazole rings is 1. The third-order valence-corrected chi connectivity index (χ3v) is 3.50. The third-order valence-electron chi connectivity index (χ3n) is 2.55. The number of methoxy groups -OCH3 is 1. The minimum atomic E-state index is -0.298. The van der Waals surface area contributed by atoms with E-state index in [1.807, 2.05) is 24.3 Å². The number of esters is 1. The van der Waals surface area contributed by atoms with Crippen molar-refractivity contribution < 1.29 is 14.3 Å². The number of aromatic nitrogens is 1. The van der Waals surface area contributed by atoms with Gasteiger partial charge in [0, 0.05) is 12.8 Å². The van der Waals surface area contributed by atoms with Crippen molar-refractivity contribution in [1.82, 2.24) is 4.98 Å². The van der Waals surface area contributed by atoms with Crippen molar-refractivity contribution in [2.45, 2.75) is 19.3 Å². The number of carbonyl (C=O) groups is 2. The van der Waals surface area contributed by atoms with Gasteiger partial charge in [-0.2, -0.15) is 0 Å². The summed E-state index contributed by atoms with van der Waals surface area (Å²) in [7, 11) is 1.34. The number of rotatable bonds is 5. The zero-order valence-electron chi connectivity index (χ0n) is 10.5. The zero-order chi connectivity index (χ0) is 13.7. The maximum Gasteiger partial charge on any atom is 0.305 e. The highest BCUT2D eigenvalue weighted by Gasteiger charge is 2.08. The van der Waals surface area contributed by atoms with E-state index < -0.39 is 0 Å². The number of carbonyl (C=O) groups excluding carboxylic acids is 2. The van der Waals surface area contributed by atoms with Crippen molar-refractivity contribution in [3.05, 3.63) is 24.3 Å². The van der Waals surface area contributed by atoms with E-state index in [9.17, 15) is 9.59 Å². The summed E-state index contributed by atoms with van der Waals surface area (Å²) in [5, 5.41) is 3.33. The molecule has 19 heavy (non-hydrogen) atoms. The van der Waals surface area contributed by atoms with Crippen molar-refractivity contribution in [3.63, 3.8) is 0 Å². The number of para-hydroxylation sites is 1. The minimum absolute atomic E-state index is 0.136. The number of hydrogen-bond acceptors (Lipinski definition) is 5. The van der Waals surface area contributed by atoms with Crippen LogP contribution in [0.1, 0.15) is 19.3 Å². The molecule has 6 heteroatoms. The molecule has 0 fully saturated rings. The van der Waals surface area contributed by atoms with Crippen molar-refractivity contribution in [3.8, 4) is 0 Å². The van der Waals surface area contributed by atoms with Crippen LogP contribution in [0.15, 0.2) is 24.3 Å². The third kappa shape index (κ3) is 3.75. The van der Waals surface area contributed by atoms with Crippen molar-refractivity contribution in [1.29, 1.82) is 0 Å². The summed E-state index contributed by atoms with van der Waals surface area (Å²) in [5.41, 5.74) is 0.873. The van der Waals surface area contributed by atoms with Crippen LogP contribution in [-0.2, 0) is 14.3 Å². The number of ether oxygens (including phenoxy) is 1. The van der Waals surface area contributed by atoms with Crippen LogP contribution in [0.25, 0.3) is 10.2 Å². The largest absolute Gasteiger partial charge is 0.469 e. The number of amides is 1. The molecular formula is C13H14N2O3S. The second kappa shape index (κ2) is 6.29. The molecule has 2 rings (SSSR count). The number of fused-ring (bicyclic) bond motifs is 1. The second-order valence-electron chi connectivity index (χ2n) is 3.96. The summed E-state index contributed by atoms with van der Waals surface area (Å²) < 4.78 is 5.54.